The Morgan fingerprint density at radius 1 is 1.38 bits per heavy atom. The molecule has 0 saturated heterocycles. The van der Waals surface area contributed by atoms with Crippen LogP contribution < -0.4 is 0 Å². The molecule has 1 aromatic rings. The predicted octanol–water partition coefficient (Wildman–Crippen LogP) is 1.51. The normalized spacial score (nSPS) is 20.5. The van der Waals surface area contributed by atoms with Gasteiger partial charge >= 0.3 is 0 Å². The van der Waals surface area contributed by atoms with Crippen molar-refractivity contribution in [3.05, 3.63) is 17.7 Å². The van der Waals surface area contributed by atoms with Crippen molar-refractivity contribution in [2.45, 2.75) is 64.2 Å². The molecule has 1 aliphatic carbocycles. The van der Waals surface area contributed by atoms with Crippen LogP contribution in [-0.4, -0.2) is 40.2 Å². The quantitative estimate of drug-likeness (QED) is 0.826. The highest BCUT2D eigenvalue weighted by Gasteiger charge is 2.40. The van der Waals surface area contributed by atoms with E-state index in [9.17, 15) is 8.42 Å². The minimum absolute atomic E-state index is 0.138. The molecule has 1 aromatic heterocycles. The van der Waals surface area contributed by atoms with Gasteiger partial charge in [0.1, 0.15) is 0 Å². The second-order valence-corrected chi connectivity index (χ2v) is 8.34. The molecule has 2 aliphatic rings. The summed E-state index contributed by atoms with van der Waals surface area (Å²) in [6.07, 6.45) is 4.39. The summed E-state index contributed by atoms with van der Waals surface area (Å²) >= 11 is 0. The molecule has 0 aromatic carbocycles. The SMILES string of the molecule is CC(C)OCc1ncn2c1CN(S(=O)(=O)C1CC1)CCC2. The summed E-state index contributed by atoms with van der Waals surface area (Å²) in [5.74, 6) is 0. The Hall–Kier alpha value is -0.920. The van der Waals surface area contributed by atoms with Gasteiger partial charge in [-0.2, -0.15) is 4.31 Å². The van der Waals surface area contributed by atoms with E-state index < -0.39 is 10.0 Å². The number of sulfonamides is 1. The van der Waals surface area contributed by atoms with E-state index in [2.05, 4.69) is 9.55 Å². The van der Waals surface area contributed by atoms with Crippen LogP contribution in [0.4, 0.5) is 0 Å². The van der Waals surface area contributed by atoms with Crippen molar-refractivity contribution in [2.75, 3.05) is 6.54 Å². The monoisotopic (exact) mass is 313 g/mol. The van der Waals surface area contributed by atoms with E-state index in [1.54, 1.807) is 4.31 Å². The molecule has 118 valence electrons. The molecule has 0 unspecified atom stereocenters. The van der Waals surface area contributed by atoms with Gasteiger partial charge in [0.05, 0.1) is 42.2 Å². The molecule has 0 spiro atoms. The zero-order valence-corrected chi connectivity index (χ0v) is 13.5. The van der Waals surface area contributed by atoms with Crippen molar-refractivity contribution in [3.63, 3.8) is 0 Å². The van der Waals surface area contributed by atoms with Gasteiger partial charge in [-0.15, -0.1) is 0 Å². The summed E-state index contributed by atoms with van der Waals surface area (Å²) in [4.78, 5) is 4.40. The van der Waals surface area contributed by atoms with Gasteiger partial charge in [0, 0.05) is 13.1 Å². The van der Waals surface area contributed by atoms with E-state index in [1.165, 1.54) is 0 Å². The Bertz CT molecular complexity index is 605. The second kappa shape index (κ2) is 5.70. The summed E-state index contributed by atoms with van der Waals surface area (Å²) in [5, 5.41) is -0.151. The summed E-state index contributed by atoms with van der Waals surface area (Å²) in [5.41, 5.74) is 1.85. The molecule has 6 nitrogen and oxygen atoms in total. The van der Waals surface area contributed by atoms with Gasteiger partial charge in [-0.25, -0.2) is 13.4 Å². The first kappa shape index (κ1) is 15.0. The number of ether oxygens (including phenoxy) is 1. The molecule has 0 atom stereocenters. The molecule has 0 amide bonds. The smallest absolute Gasteiger partial charge is 0.217 e. The van der Waals surface area contributed by atoms with E-state index in [1.807, 2.05) is 20.2 Å². The Morgan fingerprint density at radius 2 is 2.14 bits per heavy atom. The third-order valence-electron chi connectivity index (χ3n) is 4.02. The van der Waals surface area contributed by atoms with Crippen molar-refractivity contribution in [1.29, 1.82) is 0 Å². The van der Waals surface area contributed by atoms with Gasteiger partial charge in [0.25, 0.3) is 0 Å². The number of imidazole rings is 1. The molecular formula is C14H23N3O3S. The lowest BCUT2D eigenvalue weighted by molar-refractivity contribution is 0.0631. The summed E-state index contributed by atoms with van der Waals surface area (Å²) in [7, 11) is -3.13. The molecular weight excluding hydrogens is 290 g/mol. The highest BCUT2D eigenvalue weighted by Crippen LogP contribution is 2.33. The lowest BCUT2D eigenvalue weighted by Crippen LogP contribution is -2.33. The minimum Gasteiger partial charge on any atom is -0.372 e. The van der Waals surface area contributed by atoms with Crippen LogP contribution in [0.2, 0.25) is 0 Å². The van der Waals surface area contributed by atoms with E-state index in [0.29, 0.717) is 19.7 Å². The van der Waals surface area contributed by atoms with Crippen LogP contribution in [0.15, 0.2) is 6.33 Å². The van der Waals surface area contributed by atoms with Gasteiger partial charge in [0.15, 0.2) is 0 Å². The molecule has 0 bridgehead atoms. The van der Waals surface area contributed by atoms with Gasteiger partial charge in [-0.3, -0.25) is 0 Å². The summed E-state index contributed by atoms with van der Waals surface area (Å²) in [6.45, 7) is 6.26. The number of aryl methyl sites for hydroxylation is 1. The molecule has 1 fully saturated rings. The molecule has 0 N–H and O–H groups in total. The highest BCUT2D eigenvalue weighted by molar-refractivity contribution is 7.90. The van der Waals surface area contributed by atoms with Gasteiger partial charge < -0.3 is 9.30 Å². The fourth-order valence-corrected chi connectivity index (χ4v) is 4.49. The van der Waals surface area contributed by atoms with Crippen molar-refractivity contribution in [3.8, 4) is 0 Å². The highest BCUT2D eigenvalue weighted by atomic mass is 32.2. The first-order valence-corrected chi connectivity index (χ1v) is 9.12. The van der Waals surface area contributed by atoms with Crippen LogP contribution in [0.3, 0.4) is 0 Å². The zero-order valence-electron chi connectivity index (χ0n) is 12.7. The van der Waals surface area contributed by atoms with Crippen molar-refractivity contribution >= 4 is 10.0 Å². The average molecular weight is 313 g/mol. The number of fused-ring (bicyclic) bond motifs is 1. The van der Waals surface area contributed by atoms with E-state index in [-0.39, 0.29) is 11.4 Å². The molecule has 1 saturated carbocycles. The third-order valence-corrected chi connectivity index (χ3v) is 6.37. The molecule has 7 heteroatoms. The van der Waals surface area contributed by atoms with Crippen LogP contribution in [0, 0.1) is 0 Å². The largest absolute Gasteiger partial charge is 0.372 e. The maximum atomic E-state index is 12.5. The second-order valence-electron chi connectivity index (χ2n) is 6.12. The standard InChI is InChI=1S/C14H23N3O3S/c1-11(2)20-9-13-14-8-17(21(18,19)12-4-5-12)7-3-6-16(14)10-15-13/h10-12H,3-9H2,1-2H3. The molecule has 3 rings (SSSR count). The molecule has 21 heavy (non-hydrogen) atoms. The summed E-state index contributed by atoms with van der Waals surface area (Å²) < 4.78 is 34.3. The van der Waals surface area contributed by atoms with Crippen LogP contribution in [0.1, 0.15) is 44.5 Å². The zero-order chi connectivity index (χ0) is 15.0. The number of nitrogens with zero attached hydrogens (tertiary/aromatic N) is 3. The molecule has 0 radical (unpaired) electrons. The number of hydrogen-bond donors (Lipinski definition) is 0. The molecule has 2 heterocycles. The molecule has 1 aliphatic heterocycles. The minimum atomic E-state index is -3.13. The Morgan fingerprint density at radius 3 is 2.81 bits per heavy atom. The number of hydrogen-bond acceptors (Lipinski definition) is 4. The van der Waals surface area contributed by atoms with Gasteiger partial charge in [0.2, 0.25) is 10.0 Å². The fourth-order valence-electron chi connectivity index (χ4n) is 2.65. The first-order chi connectivity index (χ1) is 9.98. The topological polar surface area (TPSA) is 64.4 Å². The summed E-state index contributed by atoms with van der Waals surface area (Å²) in [6, 6.07) is 0. The number of rotatable bonds is 5. The first-order valence-electron chi connectivity index (χ1n) is 7.62. The van der Waals surface area contributed by atoms with Crippen LogP contribution in [-0.2, 0) is 34.5 Å². The van der Waals surface area contributed by atoms with Gasteiger partial charge in [-0.1, -0.05) is 0 Å². The van der Waals surface area contributed by atoms with Crippen LogP contribution in [0.5, 0.6) is 0 Å². The number of aromatic nitrogens is 2. The van der Waals surface area contributed by atoms with Crippen molar-refractivity contribution in [1.82, 2.24) is 13.9 Å². The third kappa shape index (κ3) is 3.14. The van der Waals surface area contributed by atoms with Crippen LogP contribution >= 0.6 is 0 Å². The Labute approximate surface area is 126 Å². The van der Waals surface area contributed by atoms with Crippen LogP contribution in [0.25, 0.3) is 0 Å². The fraction of sp³-hybridized carbons (Fsp3) is 0.786. The van der Waals surface area contributed by atoms with E-state index in [4.69, 9.17) is 4.74 Å². The van der Waals surface area contributed by atoms with Crippen molar-refractivity contribution in [2.24, 2.45) is 0 Å². The van der Waals surface area contributed by atoms with Gasteiger partial charge in [-0.05, 0) is 33.1 Å². The Balaban J connectivity index is 1.81. The maximum Gasteiger partial charge on any atom is 0.217 e. The Kier molecular flexibility index (Phi) is 4.07. The van der Waals surface area contributed by atoms with Crippen molar-refractivity contribution < 1.29 is 13.2 Å². The van der Waals surface area contributed by atoms with E-state index >= 15 is 0 Å². The lowest BCUT2D eigenvalue weighted by Gasteiger charge is -2.20. The average Bonchev–Trinajstić information content (AvgIpc) is 3.23. The maximum absolute atomic E-state index is 12.5. The lowest BCUT2D eigenvalue weighted by atomic mass is 10.3. The predicted molar refractivity (Wildman–Crippen MR) is 79.1 cm³/mol. The van der Waals surface area contributed by atoms with E-state index in [0.717, 1.165) is 37.2 Å².